The van der Waals surface area contributed by atoms with Crippen LogP contribution in [0.4, 0.5) is 0 Å². The number of hydrogen-bond acceptors (Lipinski definition) is 3. The molecule has 17 heavy (non-hydrogen) atoms. The molecule has 1 heterocycles. The third-order valence-corrected chi connectivity index (χ3v) is 4.78. The monoisotopic (exact) mass is 260 g/mol. The number of rotatable bonds is 8. The summed E-state index contributed by atoms with van der Waals surface area (Å²) in [6.45, 7) is 11.2. The first-order chi connectivity index (χ1) is 7.99. The molecule has 1 atom stereocenters. The SMILES string of the molecule is CC(C)CCCO[Si](C)(C)OCC1CCCO1. The fourth-order valence-corrected chi connectivity index (χ4v) is 3.23. The van der Waals surface area contributed by atoms with Gasteiger partial charge >= 0.3 is 8.56 Å². The zero-order valence-electron chi connectivity index (χ0n) is 11.8. The molecule has 0 saturated carbocycles. The average Bonchev–Trinajstić information content (AvgIpc) is 2.74. The molecule has 0 radical (unpaired) electrons. The molecule has 3 nitrogen and oxygen atoms in total. The van der Waals surface area contributed by atoms with Gasteiger partial charge in [0.15, 0.2) is 0 Å². The lowest BCUT2D eigenvalue weighted by Gasteiger charge is -2.24. The standard InChI is InChI=1S/C13H28O3Si/c1-12(2)7-5-10-15-17(3,4)16-11-13-8-6-9-14-13/h12-13H,5-11H2,1-4H3. The molecule has 0 bridgehead atoms. The van der Waals surface area contributed by atoms with Crippen molar-refractivity contribution in [3.8, 4) is 0 Å². The average molecular weight is 260 g/mol. The summed E-state index contributed by atoms with van der Waals surface area (Å²) >= 11 is 0. The fourth-order valence-electron chi connectivity index (χ4n) is 1.92. The van der Waals surface area contributed by atoms with Gasteiger partial charge in [0.2, 0.25) is 0 Å². The van der Waals surface area contributed by atoms with E-state index in [0.29, 0.717) is 12.7 Å². The van der Waals surface area contributed by atoms with Crippen LogP contribution in [0, 0.1) is 5.92 Å². The highest BCUT2D eigenvalue weighted by atomic mass is 28.4. The van der Waals surface area contributed by atoms with Crippen molar-refractivity contribution in [3.05, 3.63) is 0 Å². The van der Waals surface area contributed by atoms with Crippen molar-refractivity contribution in [2.24, 2.45) is 5.92 Å². The van der Waals surface area contributed by atoms with Crippen molar-refractivity contribution in [1.82, 2.24) is 0 Å². The molecular formula is C13H28O3Si. The summed E-state index contributed by atoms with van der Waals surface area (Å²) in [6.07, 6.45) is 4.98. The molecule has 1 rings (SSSR count). The van der Waals surface area contributed by atoms with Crippen molar-refractivity contribution in [2.75, 3.05) is 19.8 Å². The van der Waals surface area contributed by atoms with Crippen molar-refractivity contribution < 1.29 is 13.6 Å². The summed E-state index contributed by atoms with van der Waals surface area (Å²) in [4.78, 5) is 0. The second-order valence-corrected chi connectivity index (χ2v) is 9.11. The third-order valence-electron chi connectivity index (χ3n) is 3.02. The van der Waals surface area contributed by atoms with Gasteiger partial charge < -0.3 is 13.6 Å². The van der Waals surface area contributed by atoms with E-state index in [-0.39, 0.29) is 0 Å². The smallest absolute Gasteiger partial charge is 0.331 e. The summed E-state index contributed by atoms with van der Waals surface area (Å²) in [6, 6.07) is 0. The molecule has 102 valence electrons. The lowest BCUT2D eigenvalue weighted by Crippen LogP contribution is -2.37. The molecule has 1 aliphatic heterocycles. The van der Waals surface area contributed by atoms with Gasteiger partial charge in [-0.25, -0.2) is 0 Å². The molecule has 0 aromatic rings. The van der Waals surface area contributed by atoms with E-state index in [1.165, 1.54) is 12.8 Å². The Morgan fingerprint density at radius 2 is 2.06 bits per heavy atom. The highest BCUT2D eigenvalue weighted by Gasteiger charge is 2.27. The lowest BCUT2D eigenvalue weighted by molar-refractivity contribution is 0.0503. The predicted octanol–water partition coefficient (Wildman–Crippen LogP) is 3.34. The van der Waals surface area contributed by atoms with Gasteiger partial charge in [-0.15, -0.1) is 0 Å². The van der Waals surface area contributed by atoms with Crippen LogP contribution >= 0.6 is 0 Å². The molecule has 1 unspecified atom stereocenters. The molecule has 4 heteroatoms. The summed E-state index contributed by atoms with van der Waals surface area (Å²) in [5.74, 6) is 0.760. The maximum Gasteiger partial charge on any atom is 0.331 e. The Bertz CT molecular complexity index is 201. The largest absolute Gasteiger partial charge is 0.395 e. The van der Waals surface area contributed by atoms with E-state index in [1.54, 1.807) is 0 Å². The van der Waals surface area contributed by atoms with Gasteiger partial charge in [0.1, 0.15) is 0 Å². The van der Waals surface area contributed by atoms with Crippen molar-refractivity contribution in [1.29, 1.82) is 0 Å². The van der Waals surface area contributed by atoms with Gasteiger partial charge in [-0.3, -0.25) is 0 Å². The van der Waals surface area contributed by atoms with E-state index < -0.39 is 8.56 Å². The second kappa shape index (κ2) is 7.51. The molecule has 0 spiro atoms. The Kier molecular flexibility index (Phi) is 6.70. The fraction of sp³-hybridized carbons (Fsp3) is 1.00. The van der Waals surface area contributed by atoms with Crippen LogP contribution in [0.25, 0.3) is 0 Å². The maximum absolute atomic E-state index is 5.91. The van der Waals surface area contributed by atoms with Gasteiger partial charge in [-0.05, 0) is 44.7 Å². The second-order valence-electron chi connectivity index (χ2n) is 5.73. The normalized spacial score (nSPS) is 21.4. The van der Waals surface area contributed by atoms with Crippen molar-refractivity contribution >= 4 is 8.56 Å². The molecule has 1 saturated heterocycles. The van der Waals surface area contributed by atoms with Crippen LogP contribution in [0.15, 0.2) is 0 Å². The minimum absolute atomic E-state index is 0.307. The molecular weight excluding hydrogens is 232 g/mol. The molecule has 1 aliphatic rings. The van der Waals surface area contributed by atoms with Crippen LogP contribution in [-0.4, -0.2) is 34.5 Å². The van der Waals surface area contributed by atoms with E-state index in [0.717, 1.165) is 32.0 Å². The van der Waals surface area contributed by atoms with Gasteiger partial charge in [-0.2, -0.15) is 0 Å². The van der Waals surface area contributed by atoms with Crippen molar-refractivity contribution in [2.45, 2.75) is 58.7 Å². The van der Waals surface area contributed by atoms with Crippen LogP contribution in [0.5, 0.6) is 0 Å². The van der Waals surface area contributed by atoms with Gasteiger partial charge in [0.05, 0.1) is 12.7 Å². The number of ether oxygens (including phenoxy) is 1. The summed E-state index contributed by atoms with van der Waals surface area (Å²) in [5, 5.41) is 0. The minimum atomic E-state index is -1.92. The zero-order chi connectivity index (χ0) is 12.7. The molecule has 0 N–H and O–H groups in total. The van der Waals surface area contributed by atoms with E-state index in [2.05, 4.69) is 26.9 Å². The van der Waals surface area contributed by atoms with E-state index in [4.69, 9.17) is 13.6 Å². The van der Waals surface area contributed by atoms with Crippen LogP contribution in [-0.2, 0) is 13.6 Å². The first-order valence-electron chi connectivity index (χ1n) is 6.89. The molecule has 0 aliphatic carbocycles. The molecule has 0 aromatic carbocycles. The highest BCUT2D eigenvalue weighted by Crippen LogP contribution is 2.16. The van der Waals surface area contributed by atoms with E-state index in [1.807, 2.05) is 0 Å². The summed E-state index contributed by atoms with van der Waals surface area (Å²) < 4.78 is 17.4. The van der Waals surface area contributed by atoms with Crippen LogP contribution in [0.1, 0.15) is 39.5 Å². The number of hydrogen-bond donors (Lipinski definition) is 0. The van der Waals surface area contributed by atoms with Gasteiger partial charge in [-0.1, -0.05) is 13.8 Å². The van der Waals surface area contributed by atoms with Gasteiger partial charge in [0, 0.05) is 13.2 Å². The van der Waals surface area contributed by atoms with E-state index >= 15 is 0 Å². The van der Waals surface area contributed by atoms with Crippen LogP contribution in [0.2, 0.25) is 13.1 Å². The maximum atomic E-state index is 5.91. The molecule has 0 amide bonds. The zero-order valence-corrected chi connectivity index (χ0v) is 12.8. The molecule has 0 aromatic heterocycles. The summed E-state index contributed by atoms with van der Waals surface area (Å²) in [7, 11) is -1.92. The third kappa shape index (κ3) is 7.19. The molecule has 1 fully saturated rings. The van der Waals surface area contributed by atoms with Crippen LogP contribution in [0.3, 0.4) is 0 Å². The highest BCUT2D eigenvalue weighted by molar-refractivity contribution is 6.64. The minimum Gasteiger partial charge on any atom is -0.395 e. The van der Waals surface area contributed by atoms with Crippen LogP contribution < -0.4 is 0 Å². The Hall–Kier alpha value is 0.0969. The lowest BCUT2D eigenvalue weighted by atomic mass is 10.1. The Morgan fingerprint density at radius 3 is 2.65 bits per heavy atom. The van der Waals surface area contributed by atoms with Crippen molar-refractivity contribution in [3.63, 3.8) is 0 Å². The van der Waals surface area contributed by atoms with E-state index in [9.17, 15) is 0 Å². The quantitative estimate of drug-likeness (QED) is 0.495. The predicted molar refractivity (Wildman–Crippen MR) is 72.4 cm³/mol. The Labute approximate surface area is 107 Å². The van der Waals surface area contributed by atoms with Gasteiger partial charge in [0.25, 0.3) is 0 Å². The Morgan fingerprint density at radius 1 is 1.29 bits per heavy atom. The summed E-state index contributed by atoms with van der Waals surface area (Å²) in [5.41, 5.74) is 0. The topological polar surface area (TPSA) is 27.7 Å². The first kappa shape index (κ1) is 15.2. The first-order valence-corrected chi connectivity index (χ1v) is 9.71. The Balaban J connectivity index is 2.07.